The van der Waals surface area contributed by atoms with Gasteiger partial charge >= 0.3 is 0 Å². The summed E-state index contributed by atoms with van der Waals surface area (Å²) < 4.78 is 40.1. The summed E-state index contributed by atoms with van der Waals surface area (Å²) >= 11 is 3.42. The van der Waals surface area contributed by atoms with E-state index in [2.05, 4.69) is 21.2 Å². The minimum absolute atomic E-state index is 0.0875. The molecule has 184 valence electrons. The number of hydrogen-bond donors (Lipinski definition) is 1. The van der Waals surface area contributed by atoms with Gasteiger partial charge in [-0.1, -0.05) is 40.9 Å². The molecule has 34 heavy (non-hydrogen) atoms. The van der Waals surface area contributed by atoms with Crippen LogP contribution in [0.2, 0.25) is 0 Å². The van der Waals surface area contributed by atoms with Crippen LogP contribution in [-0.4, -0.2) is 50.0 Å². The molecule has 0 radical (unpaired) electrons. The summed E-state index contributed by atoms with van der Waals surface area (Å²) in [5, 5.41) is 3.02. The second kappa shape index (κ2) is 11.3. The highest BCUT2D eigenvalue weighted by Gasteiger charge is 2.31. The van der Waals surface area contributed by atoms with Crippen molar-refractivity contribution in [2.24, 2.45) is 0 Å². The number of hydrogen-bond acceptors (Lipinski definition) is 4. The summed E-state index contributed by atoms with van der Waals surface area (Å²) in [6.07, 6.45) is 4.91. The van der Waals surface area contributed by atoms with Crippen molar-refractivity contribution >= 4 is 43.5 Å². The van der Waals surface area contributed by atoms with Gasteiger partial charge in [-0.3, -0.25) is 13.9 Å². The number of rotatable bonds is 9. The summed E-state index contributed by atoms with van der Waals surface area (Å²) in [7, 11) is -3.85. The van der Waals surface area contributed by atoms with Crippen molar-refractivity contribution in [3.63, 3.8) is 0 Å². The van der Waals surface area contributed by atoms with Gasteiger partial charge in [-0.25, -0.2) is 12.8 Å². The van der Waals surface area contributed by atoms with Crippen LogP contribution in [0.15, 0.2) is 53.0 Å². The molecule has 0 saturated heterocycles. The van der Waals surface area contributed by atoms with Gasteiger partial charge < -0.3 is 10.2 Å². The van der Waals surface area contributed by atoms with Gasteiger partial charge in [0.15, 0.2) is 0 Å². The molecule has 1 aliphatic rings. The van der Waals surface area contributed by atoms with E-state index in [1.165, 1.54) is 17.0 Å². The highest BCUT2D eigenvalue weighted by molar-refractivity contribution is 9.10. The second-order valence-corrected chi connectivity index (χ2v) is 11.4. The Kier molecular flexibility index (Phi) is 8.70. The van der Waals surface area contributed by atoms with Gasteiger partial charge in [-0.2, -0.15) is 0 Å². The smallest absolute Gasteiger partial charge is 0.244 e. The number of carbonyl (C=O) groups is 2. The molecule has 2 aromatic rings. The zero-order valence-electron chi connectivity index (χ0n) is 19.2. The molecular weight excluding hydrogens is 525 g/mol. The Morgan fingerprint density at radius 1 is 1.15 bits per heavy atom. The third-order valence-corrected chi connectivity index (χ3v) is 7.54. The molecule has 3 rings (SSSR count). The average Bonchev–Trinajstić information content (AvgIpc) is 3.28. The lowest BCUT2D eigenvalue weighted by Crippen LogP contribution is -2.52. The fourth-order valence-electron chi connectivity index (χ4n) is 4.03. The van der Waals surface area contributed by atoms with E-state index in [1.54, 1.807) is 6.92 Å². The van der Waals surface area contributed by atoms with Gasteiger partial charge in [0, 0.05) is 17.1 Å². The van der Waals surface area contributed by atoms with Crippen molar-refractivity contribution in [3.8, 4) is 0 Å². The van der Waals surface area contributed by atoms with Gasteiger partial charge in [-0.15, -0.1) is 0 Å². The summed E-state index contributed by atoms with van der Waals surface area (Å²) in [6.45, 7) is 1.25. The van der Waals surface area contributed by atoms with Crippen LogP contribution in [-0.2, 0) is 26.2 Å². The minimum Gasteiger partial charge on any atom is -0.352 e. The number of sulfonamides is 1. The number of benzene rings is 2. The van der Waals surface area contributed by atoms with Gasteiger partial charge in [0.25, 0.3) is 0 Å². The molecule has 0 heterocycles. The molecule has 1 saturated carbocycles. The van der Waals surface area contributed by atoms with E-state index < -0.39 is 34.3 Å². The molecule has 7 nitrogen and oxygen atoms in total. The maximum atomic E-state index is 13.5. The highest BCUT2D eigenvalue weighted by atomic mass is 79.9. The number of nitrogens with one attached hydrogen (secondary N) is 1. The first kappa shape index (κ1) is 26.2. The third kappa shape index (κ3) is 7.02. The summed E-state index contributed by atoms with van der Waals surface area (Å²) in [5.74, 6) is -1.33. The standard InChI is InChI=1S/C24H29BrFN3O4S/c1-17(24(31)27-21-8-3-4-9-21)28(15-18-6-5-7-19(25)14-18)23(30)16-29(34(2,32)33)22-12-10-20(26)11-13-22/h5-7,10-14,17,21H,3-4,8-9,15-16H2,1-2H3,(H,27,31). The van der Waals surface area contributed by atoms with E-state index in [4.69, 9.17) is 0 Å². The Morgan fingerprint density at radius 2 is 1.79 bits per heavy atom. The van der Waals surface area contributed by atoms with Crippen LogP contribution in [0.5, 0.6) is 0 Å². The SMILES string of the molecule is CC(C(=O)NC1CCCC1)N(Cc1cccc(Br)c1)C(=O)CN(c1ccc(F)cc1)S(C)(=O)=O. The van der Waals surface area contributed by atoms with Gasteiger partial charge in [0.05, 0.1) is 11.9 Å². The van der Waals surface area contributed by atoms with E-state index in [1.807, 2.05) is 24.3 Å². The Hall–Kier alpha value is -2.46. The van der Waals surface area contributed by atoms with Crippen LogP contribution in [0.1, 0.15) is 38.2 Å². The Morgan fingerprint density at radius 3 is 2.38 bits per heavy atom. The van der Waals surface area contributed by atoms with Crippen molar-refractivity contribution in [2.45, 2.75) is 51.2 Å². The van der Waals surface area contributed by atoms with Crippen molar-refractivity contribution < 1.29 is 22.4 Å². The lowest BCUT2D eigenvalue weighted by atomic mass is 10.1. The fraction of sp³-hybridized carbons (Fsp3) is 0.417. The first-order valence-corrected chi connectivity index (χ1v) is 13.8. The Balaban J connectivity index is 1.87. The van der Waals surface area contributed by atoms with E-state index in [0.717, 1.165) is 58.4 Å². The van der Waals surface area contributed by atoms with Crippen LogP contribution < -0.4 is 9.62 Å². The molecule has 0 aromatic heterocycles. The molecule has 10 heteroatoms. The fourth-order valence-corrected chi connectivity index (χ4v) is 5.32. The molecular formula is C24H29BrFN3O4S. The van der Waals surface area contributed by atoms with Gasteiger partial charge in [-0.05, 0) is 61.7 Å². The number of amides is 2. The maximum Gasteiger partial charge on any atom is 0.244 e. The molecule has 1 unspecified atom stereocenters. The number of carbonyl (C=O) groups excluding carboxylic acids is 2. The summed E-state index contributed by atoms with van der Waals surface area (Å²) in [6, 6.07) is 11.5. The second-order valence-electron chi connectivity index (χ2n) is 8.56. The quantitative estimate of drug-likeness (QED) is 0.511. The van der Waals surface area contributed by atoms with Gasteiger partial charge in [0.1, 0.15) is 18.4 Å². The van der Waals surface area contributed by atoms with Crippen LogP contribution in [0.4, 0.5) is 10.1 Å². The van der Waals surface area contributed by atoms with Gasteiger partial charge in [0.2, 0.25) is 21.8 Å². The molecule has 2 aromatic carbocycles. The first-order chi connectivity index (χ1) is 16.0. The lowest BCUT2D eigenvalue weighted by Gasteiger charge is -2.32. The minimum atomic E-state index is -3.85. The van der Waals surface area contributed by atoms with Crippen LogP contribution in [0.3, 0.4) is 0 Å². The molecule has 1 aliphatic carbocycles. The van der Waals surface area contributed by atoms with E-state index in [9.17, 15) is 22.4 Å². The summed E-state index contributed by atoms with van der Waals surface area (Å²) in [5.41, 5.74) is 0.957. The third-order valence-electron chi connectivity index (χ3n) is 5.90. The number of nitrogens with zero attached hydrogens (tertiary/aromatic N) is 2. The van der Waals surface area contributed by atoms with Crippen LogP contribution in [0.25, 0.3) is 0 Å². The maximum absolute atomic E-state index is 13.5. The Bertz CT molecular complexity index is 1120. The predicted octanol–water partition coefficient (Wildman–Crippen LogP) is 3.83. The molecule has 2 amide bonds. The Labute approximate surface area is 208 Å². The molecule has 1 fully saturated rings. The lowest BCUT2D eigenvalue weighted by molar-refractivity contribution is -0.139. The molecule has 1 atom stereocenters. The first-order valence-electron chi connectivity index (χ1n) is 11.1. The van der Waals surface area contributed by atoms with E-state index in [0.29, 0.717) is 0 Å². The highest BCUT2D eigenvalue weighted by Crippen LogP contribution is 2.21. The number of anilines is 1. The van der Waals surface area contributed by atoms with Crippen molar-refractivity contribution in [2.75, 3.05) is 17.1 Å². The van der Waals surface area contributed by atoms with Crippen LogP contribution in [0, 0.1) is 5.82 Å². The zero-order valence-corrected chi connectivity index (χ0v) is 21.6. The van der Waals surface area contributed by atoms with E-state index >= 15 is 0 Å². The normalized spacial score (nSPS) is 15.1. The predicted molar refractivity (Wildman–Crippen MR) is 133 cm³/mol. The van der Waals surface area contributed by atoms with Crippen molar-refractivity contribution in [1.29, 1.82) is 0 Å². The average molecular weight is 554 g/mol. The van der Waals surface area contributed by atoms with Crippen LogP contribution >= 0.6 is 15.9 Å². The molecule has 1 N–H and O–H groups in total. The summed E-state index contributed by atoms with van der Waals surface area (Å²) in [4.78, 5) is 27.9. The molecule has 0 aliphatic heterocycles. The topological polar surface area (TPSA) is 86.8 Å². The molecule has 0 bridgehead atoms. The molecule has 0 spiro atoms. The monoisotopic (exact) mass is 553 g/mol. The van der Waals surface area contributed by atoms with Crippen molar-refractivity contribution in [1.82, 2.24) is 10.2 Å². The van der Waals surface area contributed by atoms with E-state index in [-0.39, 0.29) is 24.2 Å². The number of halogens is 2. The van der Waals surface area contributed by atoms with Crippen molar-refractivity contribution in [3.05, 3.63) is 64.4 Å². The largest absolute Gasteiger partial charge is 0.352 e. The zero-order chi connectivity index (χ0) is 24.9.